The van der Waals surface area contributed by atoms with Crippen molar-refractivity contribution in [2.45, 2.75) is 36.1 Å². The summed E-state index contributed by atoms with van der Waals surface area (Å²) in [5.74, 6) is -2.34. The van der Waals surface area contributed by atoms with Crippen LogP contribution >= 0.6 is 0 Å². The first-order chi connectivity index (χ1) is 14.4. The van der Waals surface area contributed by atoms with Crippen molar-refractivity contribution in [1.29, 1.82) is 0 Å². The first-order valence-electron chi connectivity index (χ1n) is 8.91. The smallest absolute Gasteiger partial charge is 0.423 e. The zero-order valence-electron chi connectivity index (χ0n) is 15.8. The number of rotatable bonds is 5. The highest BCUT2D eigenvalue weighted by Crippen LogP contribution is 2.36. The van der Waals surface area contributed by atoms with Crippen LogP contribution in [-0.2, 0) is 20.9 Å². The summed E-state index contributed by atoms with van der Waals surface area (Å²) in [6.07, 6.45) is -6.16. The molecule has 3 rings (SSSR count). The number of sulfonamides is 1. The van der Waals surface area contributed by atoms with Crippen LogP contribution in [0.4, 0.5) is 29.2 Å². The molecule has 4 N–H and O–H groups in total. The average Bonchev–Trinajstić information content (AvgIpc) is 2.86. The van der Waals surface area contributed by atoms with E-state index in [0.29, 0.717) is 12.3 Å². The molecule has 0 radical (unpaired) electrons. The maximum atomic E-state index is 14.2. The summed E-state index contributed by atoms with van der Waals surface area (Å²) < 4.78 is 87.4. The van der Waals surface area contributed by atoms with E-state index >= 15 is 0 Å². The highest BCUT2D eigenvalue weighted by molar-refractivity contribution is 7.89. The number of aliphatic hydroxyl groups excluding tert-OH is 1. The van der Waals surface area contributed by atoms with Gasteiger partial charge in [-0.25, -0.2) is 22.9 Å². The number of benzene rings is 1. The van der Waals surface area contributed by atoms with Crippen molar-refractivity contribution in [3.8, 4) is 5.88 Å². The summed E-state index contributed by atoms with van der Waals surface area (Å²) in [5, 5.41) is 17.4. The van der Waals surface area contributed by atoms with Gasteiger partial charge in [0.25, 0.3) is 0 Å². The molecule has 2 atom stereocenters. The molecule has 170 valence electrons. The van der Waals surface area contributed by atoms with Gasteiger partial charge in [-0.05, 0) is 18.2 Å². The third-order valence-corrected chi connectivity index (χ3v) is 5.28. The van der Waals surface area contributed by atoms with Crippen LogP contribution in [0.25, 0.3) is 0 Å². The standard InChI is InChI=1S/C17H18F4N4O5S/c18-11-7-9(31(22,27)28)1-2-12(11)24-16-23-8-10(17(19,20)21)15(25-16)30-14-4-6-29-5-3-13(14)26/h1-2,7-8,13-14,26H,3-6H2,(H2,22,27,28)(H,23,24,25)/t13-,14+/m1/s1. The number of aliphatic hydroxyl groups is 1. The van der Waals surface area contributed by atoms with E-state index in [4.69, 9.17) is 14.6 Å². The minimum Gasteiger partial charge on any atom is -0.471 e. The summed E-state index contributed by atoms with van der Waals surface area (Å²) in [5.41, 5.74) is -1.58. The maximum Gasteiger partial charge on any atom is 0.423 e. The van der Waals surface area contributed by atoms with Crippen LogP contribution in [0.15, 0.2) is 29.3 Å². The molecule has 9 nitrogen and oxygen atoms in total. The molecule has 1 aliphatic heterocycles. The molecule has 0 aliphatic carbocycles. The fraction of sp³-hybridized carbons (Fsp3) is 0.412. The van der Waals surface area contributed by atoms with E-state index in [1.165, 1.54) is 0 Å². The van der Waals surface area contributed by atoms with Crippen molar-refractivity contribution >= 4 is 21.7 Å². The van der Waals surface area contributed by atoms with E-state index in [0.717, 1.165) is 12.1 Å². The molecule has 2 aromatic rings. The van der Waals surface area contributed by atoms with Crippen LogP contribution in [-0.4, -0.2) is 48.9 Å². The van der Waals surface area contributed by atoms with Gasteiger partial charge < -0.3 is 19.9 Å². The van der Waals surface area contributed by atoms with Crippen LogP contribution < -0.4 is 15.2 Å². The van der Waals surface area contributed by atoms with E-state index in [9.17, 15) is 31.1 Å². The fourth-order valence-corrected chi connectivity index (χ4v) is 3.30. The van der Waals surface area contributed by atoms with Crippen molar-refractivity contribution < 1.29 is 40.6 Å². The van der Waals surface area contributed by atoms with Crippen molar-refractivity contribution in [2.24, 2.45) is 5.14 Å². The average molecular weight is 466 g/mol. The zero-order valence-corrected chi connectivity index (χ0v) is 16.6. The molecule has 1 aromatic heterocycles. The number of primary sulfonamides is 1. The summed E-state index contributed by atoms with van der Waals surface area (Å²) >= 11 is 0. The summed E-state index contributed by atoms with van der Waals surface area (Å²) in [7, 11) is -4.15. The number of aromatic nitrogens is 2. The Labute approximate surface area is 174 Å². The second-order valence-electron chi connectivity index (χ2n) is 6.64. The Morgan fingerprint density at radius 1 is 1.26 bits per heavy atom. The van der Waals surface area contributed by atoms with Crippen LogP contribution in [0.2, 0.25) is 0 Å². The Kier molecular flexibility index (Phi) is 6.64. The molecule has 1 fully saturated rings. The third kappa shape index (κ3) is 5.78. The summed E-state index contributed by atoms with van der Waals surface area (Å²) in [4.78, 5) is 6.72. The van der Waals surface area contributed by atoms with Gasteiger partial charge >= 0.3 is 6.18 Å². The topological polar surface area (TPSA) is 137 Å². The molecule has 0 saturated carbocycles. The number of anilines is 2. The predicted molar refractivity (Wildman–Crippen MR) is 98.6 cm³/mol. The number of halogens is 4. The first-order valence-corrected chi connectivity index (χ1v) is 10.5. The molecule has 1 saturated heterocycles. The lowest BCUT2D eigenvalue weighted by atomic mass is 10.1. The Hall–Kier alpha value is -2.55. The van der Waals surface area contributed by atoms with Crippen molar-refractivity contribution in [3.63, 3.8) is 0 Å². The van der Waals surface area contributed by atoms with Crippen LogP contribution in [0.1, 0.15) is 18.4 Å². The number of hydrogen-bond donors (Lipinski definition) is 3. The lowest BCUT2D eigenvalue weighted by Crippen LogP contribution is -2.32. The predicted octanol–water partition coefficient (Wildman–Crippen LogP) is 1.94. The molecular weight excluding hydrogens is 448 g/mol. The normalized spacial score (nSPS) is 20.2. The Morgan fingerprint density at radius 3 is 2.61 bits per heavy atom. The zero-order chi connectivity index (χ0) is 22.8. The van der Waals surface area contributed by atoms with Gasteiger partial charge in [-0.2, -0.15) is 18.2 Å². The lowest BCUT2D eigenvalue weighted by molar-refractivity contribution is -0.140. The van der Waals surface area contributed by atoms with Crippen LogP contribution in [0.3, 0.4) is 0 Å². The van der Waals surface area contributed by atoms with Gasteiger partial charge in [-0.3, -0.25) is 0 Å². The Morgan fingerprint density at radius 2 is 1.97 bits per heavy atom. The number of nitrogens with one attached hydrogen (secondary N) is 1. The van der Waals surface area contributed by atoms with Crippen LogP contribution in [0, 0.1) is 5.82 Å². The van der Waals surface area contributed by atoms with Crippen molar-refractivity contribution in [2.75, 3.05) is 18.5 Å². The van der Waals surface area contributed by atoms with Gasteiger partial charge in [-0.1, -0.05) is 0 Å². The molecule has 0 unspecified atom stereocenters. The second kappa shape index (κ2) is 8.90. The number of nitrogens with two attached hydrogens (primary N) is 1. The van der Waals surface area contributed by atoms with Gasteiger partial charge in [0.05, 0.1) is 23.3 Å². The van der Waals surface area contributed by atoms with Gasteiger partial charge in [0, 0.05) is 25.6 Å². The number of nitrogens with zero attached hydrogens (tertiary/aromatic N) is 2. The van der Waals surface area contributed by atoms with Gasteiger partial charge in [-0.15, -0.1) is 0 Å². The summed E-state index contributed by atoms with van der Waals surface area (Å²) in [6.45, 7) is 0.415. The Balaban J connectivity index is 1.91. The SMILES string of the molecule is NS(=O)(=O)c1ccc(Nc2ncc(C(F)(F)F)c(O[C@H]3CCOCC[C@H]3O)n2)c(F)c1. The minimum atomic E-state index is -4.84. The highest BCUT2D eigenvalue weighted by Gasteiger charge is 2.38. The van der Waals surface area contributed by atoms with Gasteiger partial charge in [0.2, 0.25) is 21.9 Å². The molecule has 1 aromatic carbocycles. The molecule has 31 heavy (non-hydrogen) atoms. The third-order valence-electron chi connectivity index (χ3n) is 4.37. The largest absolute Gasteiger partial charge is 0.471 e. The van der Waals surface area contributed by atoms with E-state index < -0.39 is 56.5 Å². The summed E-state index contributed by atoms with van der Waals surface area (Å²) in [6, 6.07) is 2.66. The quantitative estimate of drug-likeness (QED) is 0.569. The highest BCUT2D eigenvalue weighted by atomic mass is 32.2. The monoisotopic (exact) mass is 466 g/mol. The van der Waals surface area contributed by atoms with Gasteiger partial charge in [0.1, 0.15) is 17.5 Å². The van der Waals surface area contributed by atoms with E-state index in [1.54, 1.807) is 0 Å². The molecule has 1 aliphatic rings. The molecule has 2 heterocycles. The van der Waals surface area contributed by atoms with E-state index in [-0.39, 0.29) is 31.7 Å². The molecule has 14 heteroatoms. The lowest BCUT2D eigenvalue weighted by Gasteiger charge is -2.23. The fourth-order valence-electron chi connectivity index (χ4n) is 2.77. The second-order valence-corrected chi connectivity index (χ2v) is 8.20. The maximum absolute atomic E-state index is 14.2. The molecule has 0 bridgehead atoms. The van der Waals surface area contributed by atoms with Crippen molar-refractivity contribution in [3.05, 3.63) is 35.8 Å². The Bertz CT molecular complexity index is 1050. The van der Waals surface area contributed by atoms with Crippen molar-refractivity contribution in [1.82, 2.24) is 9.97 Å². The van der Waals surface area contributed by atoms with Gasteiger partial charge in [0.15, 0.2) is 0 Å². The van der Waals surface area contributed by atoms with E-state index in [1.807, 2.05) is 0 Å². The molecule has 0 amide bonds. The number of hydrogen-bond acceptors (Lipinski definition) is 8. The molecule has 0 spiro atoms. The number of alkyl halides is 3. The van der Waals surface area contributed by atoms with E-state index in [2.05, 4.69) is 15.3 Å². The molecular formula is C17H18F4N4O5S. The van der Waals surface area contributed by atoms with Crippen LogP contribution in [0.5, 0.6) is 5.88 Å². The first kappa shape index (κ1) is 23.1. The minimum absolute atomic E-state index is 0.134. The number of ether oxygens (including phenoxy) is 2.